The lowest BCUT2D eigenvalue weighted by molar-refractivity contribution is 0.102. The summed E-state index contributed by atoms with van der Waals surface area (Å²) >= 11 is 7.50. The third-order valence-corrected chi connectivity index (χ3v) is 4.76. The molecule has 0 radical (unpaired) electrons. The molecule has 1 N–H and O–H groups in total. The van der Waals surface area contributed by atoms with Crippen LogP contribution >= 0.6 is 22.9 Å². The molecule has 1 amide bonds. The number of benzene rings is 2. The highest BCUT2D eigenvalue weighted by Crippen LogP contribution is 2.37. The van der Waals surface area contributed by atoms with Crippen molar-refractivity contribution in [1.29, 1.82) is 0 Å². The molecular weight excluding hydrogens is 348 g/mol. The number of hydrogen-bond acceptors (Lipinski definition) is 5. The highest BCUT2D eigenvalue weighted by molar-refractivity contribution is 7.23. The van der Waals surface area contributed by atoms with Gasteiger partial charge in [-0.2, -0.15) is 0 Å². The Balaban J connectivity index is 1.84. The molecule has 124 valence electrons. The molecular formula is C17H15ClN2O3S. The summed E-state index contributed by atoms with van der Waals surface area (Å²) in [6.45, 7) is 2.49. The lowest BCUT2D eigenvalue weighted by Gasteiger charge is -2.04. The number of methoxy groups -OCH3 is 1. The molecule has 5 nitrogen and oxygen atoms in total. The van der Waals surface area contributed by atoms with Crippen molar-refractivity contribution in [3.63, 3.8) is 0 Å². The fraction of sp³-hybridized carbons (Fsp3) is 0.176. The van der Waals surface area contributed by atoms with Crippen LogP contribution in [-0.2, 0) is 0 Å². The van der Waals surface area contributed by atoms with Crippen molar-refractivity contribution in [3.05, 3.63) is 47.0 Å². The summed E-state index contributed by atoms with van der Waals surface area (Å²) in [5.41, 5.74) is 1.16. The van der Waals surface area contributed by atoms with Gasteiger partial charge in [-0.05, 0) is 43.3 Å². The van der Waals surface area contributed by atoms with E-state index < -0.39 is 0 Å². The van der Waals surface area contributed by atoms with Crippen LogP contribution in [0.2, 0.25) is 5.02 Å². The highest BCUT2D eigenvalue weighted by Gasteiger charge is 2.14. The number of thiazole rings is 1. The number of carbonyl (C=O) groups excluding carboxylic acids is 1. The number of halogens is 1. The van der Waals surface area contributed by atoms with Crippen molar-refractivity contribution in [2.24, 2.45) is 0 Å². The second-order valence-electron chi connectivity index (χ2n) is 4.86. The van der Waals surface area contributed by atoms with Crippen molar-refractivity contribution in [2.45, 2.75) is 6.92 Å². The second kappa shape index (κ2) is 7.07. The van der Waals surface area contributed by atoms with Gasteiger partial charge in [0, 0.05) is 5.56 Å². The van der Waals surface area contributed by atoms with Crippen LogP contribution in [0.1, 0.15) is 17.3 Å². The van der Waals surface area contributed by atoms with E-state index >= 15 is 0 Å². The van der Waals surface area contributed by atoms with E-state index in [0.717, 1.165) is 10.4 Å². The molecule has 3 rings (SSSR count). The number of hydrogen-bond donors (Lipinski definition) is 1. The Morgan fingerprint density at radius 2 is 2.00 bits per heavy atom. The predicted octanol–water partition coefficient (Wildman–Crippen LogP) is 4.61. The summed E-state index contributed by atoms with van der Waals surface area (Å²) in [5, 5.41) is 3.83. The van der Waals surface area contributed by atoms with Crippen molar-refractivity contribution in [3.8, 4) is 11.5 Å². The van der Waals surface area contributed by atoms with Crippen LogP contribution in [0.5, 0.6) is 11.5 Å². The minimum absolute atomic E-state index is 0.243. The Hall–Kier alpha value is -2.31. The molecule has 0 spiro atoms. The summed E-state index contributed by atoms with van der Waals surface area (Å²) in [5.74, 6) is 1.10. The van der Waals surface area contributed by atoms with Crippen molar-refractivity contribution < 1.29 is 14.3 Å². The molecule has 24 heavy (non-hydrogen) atoms. The number of amides is 1. The first-order valence-electron chi connectivity index (χ1n) is 7.29. The van der Waals surface area contributed by atoms with Crippen LogP contribution in [0.3, 0.4) is 0 Å². The molecule has 1 aromatic heterocycles. The molecule has 0 aliphatic heterocycles. The first kappa shape index (κ1) is 16.5. The van der Waals surface area contributed by atoms with Crippen LogP contribution in [0, 0.1) is 0 Å². The summed E-state index contributed by atoms with van der Waals surface area (Å²) in [7, 11) is 1.57. The van der Waals surface area contributed by atoms with Crippen molar-refractivity contribution in [2.75, 3.05) is 19.0 Å². The molecule has 0 fully saturated rings. The van der Waals surface area contributed by atoms with E-state index in [0.29, 0.717) is 33.6 Å². The molecule has 0 atom stereocenters. The average Bonchev–Trinajstić information content (AvgIpc) is 3.01. The molecule has 0 aliphatic rings. The largest absolute Gasteiger partial charge is 0.494 e. The maximum absolute atomic E-state index is 12.3. The van der Waals surface area contributed by atoms with Gasteiger partial charge in [0.15, 0.2) is 5.13 Å². The summed E-state index contributed by atoms with van der Waals surface area (Å²) in [6, 6.07) is 10.4. The molecule has 0 saturated carbocycles. The van der Waals surface area contributed by atoms with Crippen LogP contribution in [0.25, 0.3) is 10.2 Å². The third-order valence-electron chi connectivity index (χ3n) is 3.33. The quantitative estimate of drug-likeness (QED) is 0.720. The normalized spacial score (nSPS) is 10.6. The van der Waals surface area contributed by atoms with Crippen molar-refractivity contribution >= 4 is 44.2 Å². The number of ether oxygens (including phenoxy) is 2. The fourth-order valence-corrected chi connectivity index (χ4v) is 3.36. The topological polar surface area (TPSA) is 60.5 Å². The molecule has 1 heterocycles. The first-order chi connectivity index (χ1) is 11.6. The van der Waals surface area contributed by atoms with E-state index in [2.05, 4.69) is 10.3 Å². The van der Waals surface area contributed by atoms with Gasteiger partial charge >= 0.3 is 0 Å². The Labute approximate surface area is 148 Å². The highest BCUT2D eigenvalue weighted by atomic mass is 35.5. The molecule has 2 aromatic carbocycles. The Bertz CT molecular complexity index is 877. The smallest absolute Gasteiger partial charge is 0.257 e. The number of carbonyl (C=O) groups is 1. The minimum Gasteiger partial charge on any atom is -0.494 e. The van der Waals surface area contributed by atoms with E-state index in [1.165, 1.54) is 11.3 Å². The van der Waals surface area contributed by atoms with Crippen LogP contribution < -0.4 is 14.8 Å². The predicted molar refractivity (Wildman–Crippen MR) is 96.7 cm³/mol. The van der Waals surface area contributed by atoms with Crippen molar-refractivity contribution in [1.82, 2.24) is 4.98 Å². The zero-order chi connectivity index (χ0) is 17.1. The molecule has 3 aromatic rings. The van der Waals surface area contributed by atoms with Gasteiger partial charge in [0.25, 0.3) is 5.91 Å². The summed E-state index contributed by atoms with van der Waals surface area (Å²) in [4.78, 5) is 16.8. The second-order valence-corrected chi connectivity index (χ2v) is 6.26. The van der Waals surface area contributed by atoms with Gasteiger partial charge in [0.2, 0.25) is 0 Å². The van der Waals surface area contributed by atoms with Crippen LogP contribution in [0.15, 0.2) is 36.4 Å². The number of nitrogens with one attached hydrogen (secondary N) is 1. The molecule has 7 heteroatoms. The first-order valence-corrected chi connectivity index (χ1v) is 8.49. The standard InChI is InChI=1S/C17H15ClN2O3S/c1-3-23-11-6-4-10(5-7-11)16(21)20-17-19-14-13(22-2)9-8-12(18)15(14)24-17/h4-9H,3H2,1-2H3,(H,19,20,21). The fourth-order valence-electron chi connectivity index (χ4n) is 2.21. The van der Waals surface area contributed by atoms with E-state index in [1.807, 2.05) is 6.92 Å². The van der Waals surface area contributed by atoms with Gasteiger partial charge in [-0.15, -0.1) is 0 Å². The van der Waals surface area contributed by atoms with Gasteiger partial charge < -0.3 is 9.47 Å². The Morgan fingerprint density at radius 1 is 1.25 bits per heavy atom. The lowest BCUT2D eigenvalue weighted by Crippen LogP contribution is -2.11. The van der Waals surface area contributed by atoms with E-state index in [1.54, 1.807) is 43.5 Å². The van der Waals surface area contributed by atoms with E-state index in [4.69, 9.17) is 21.1 Å². The number of anilines is 1. The maximum atomic E-state index is 12.3. The van der Waals surface area contributed by atoms with Gasteiger partial charge in [-0.3, -0.25) is 10.1 Å². The van der Waals surface area contributed by atoms with Gasteiger partial charge in [0.1, 0.15) is 17.0 Å². The maximum Gasteiger partial charge on any atom is 0.257 e. The molecule has 0 bridgehead atoms. The summed E-state index contributed by atoms with van der Waals surface area (Å²) in [6.07, 6.45) is 0. The zero-order valence-electron chi connectivity index (χ0n) is 13.1. The Morgan fingerprint density at radius 3 is 2.67 bits per heavy atom. The Kier molecular flexibility index (Phi) is 4.87. The van der Waals surface area contributed by atoms with Gasteiger partial charge in [-0.25, -0.2) is 4.98 Å². The SMILES string of the molecule is CCOc1ccc(C(=O)Nc2nc3c(OC)ccc(Cl)c3s2)cc1. The molecule has 0 saturated heterocycles. The minimum atomic E-state index is -0.243. The summed E-state index contributed by atoms with van der Waals surface area (Å²) < 4.78 is 11.4. The third kappa shape index (κ3) is 3.29. The van der Waals surface area contributed by atoms with Gasteiger partial charge in [0.05, 0.1) is 23.4 Å². The van der Waals surface area contributed by atoms with E-state index in [-0.39, 0.29) is 5.91 Å². The lowest BCUT2D eigenvalue weighted by atomic mass is 10.2. The zero-order valence-corrected chi connectivity index (χ0v) is 14.7. The molecule has 0 unspecified atom stereocenters. The number of nitrogens with zero attached hydrogens (tertiary/aromatic N) is 1. The number of aromatic nitrogens is 1. The number of fused-ring (bicyclic) bond motifs is 1. The molecule has 0 aliphatic carbocycles. The van der Waals surface area contributed by atoms with E-state index in [9.17, 15) is 4.79 Å². The van der Waals surface area contributed by atoms with Crippen LogP contribution in [-0.4, -0.2) is 24.6 Å². The van der Waals surface area contributed by atoms with Gasteiger partial charge in [-0.1, -0.05) is 22.9 Å². The average molecular weight is 363 g/mol. The monoisotopic (exact) mass is 362 g/mol. The number of rotatable bonds is 5. The van der Waals surface area contributed by atoms with Crippen LogP contribution in [0.4, 0.5) is 5.13 Å².